The van der Waals surface area contributed by atoms with E-state index in [1.165, 1.54) is 0 Å². The molecule has 6 nitrogen and oxygen atoms in total. The minimum Gasteiger partial charge on any atom is -0.336 e. The fourth-order valence-electron chi connectivity index (χ4n) is 4.48. The molecule has 0 aromatic carbocycles. The summed E-state index contributed by atoms with van der Waals surface area (Å²) in [6.45, 7) is 8.44. The minimum atomic E-state index is -0.253. The number of aromatic nitrogens is 2. The summed E-state index contributed by atoms with van der Waals surface area (Å²) in [6.07, 6.45) is 7.80. The molecule has 0 spiro atoms. The maximum Gasteiger partial charge on any atom is 0.257 e. The molecule has 0 saturated carbocycles. The molecule has 2 atom stereocenters. The van der Waals surface area contributed by atoms with Crippen molar-refractivity contribution in [3.63, 3.8) is 0 Å². The average molecular weight is 332 g/mol. The number of hydrogen-bond acceptors (Lipinski definition) is 3. The van der Waals surface area contributed by atoms with Crippen LogP contribution in [0.4, 0.5) is 0 Å². The van der Waals surface area contributed by atoms with E-state index in [0.29, 0.717) is 18.5 Å². The maximum absolute atomic E-state index is 13.1. The predicted octanol–water partition coefficient (Wildman–Crippen LogP) is 2.30. The largest absolute Gasteiger partial charge is 0.336 e. The number of amides is 2. The zero-order chi connectivity index (χ0) is 17.3. The Hall–Kier alpha value is -1.85. The molecule has 2 amide bonds. The van der Waals surface area contributed by atoms with Gasteiger partial charge < -0.3 is 9.80 Å². The van der Waals surface area contributed by atoms with Gasteiger partial charge in [0.15, 0.2) is 0 Å². The van der Waals surface area contributed by atoms with Gasteiger partial charge in [0.25, 0.3) is 5.91 Å². The van der Waals surface area contributed by atoms with Gasteiger partial charge in [0, 0.05) is 32.3 Å². The van der Waals surface area contributed by atoms with E-state index in [-0.39, 0.29) is 23.4 Å². The van der Waals surface area contributed by atoms with E-state index in [4.69, 9.17) is 0 Å². The summed E-state index contributed by atoms with van der Waals surface area (Å²) in [7, 11) is 0. The Labute approximate surface area is 143 Å². The van der Waals surface area contributed by atoms with Crippen molar-refractivity contribution >= 4 is 11.8 Å². The molecule has 0 unspecified atom stereocenters. The molecule has 3 heterocycles. The third-order valence-corrected chi connectivity index (χ3v) is 5.76. The van der Waals surface area contributed by atoms with E-state index < -0.39 is 0 Å². The van der Waals surface area contributed by atoms with Crippen LogP contribution in [-0.2, 0) is 11.3 Å². The maximum atomic E-state index is 13.1. The average Bonchev–Trinajstić information content (AvgIpc) is 2.98. The molecule has 3 rings (SSSR count). The summed E-state index contributed by atoms with van der Waals surface area (Å²) in [5.74, 6) is 0.280. The second-order valence-corrected chi connectivity index (χ2v) is 7.09. The van der Waals surface area contributed by atoms with Crippen LogP contribution in [0, 0.1) is 0 Å². The molecule has 24 heavy (non-hydrogen) atoms. The van der Waals surface area contributed by atoms with Gasteiger partial charge in [0.1, 0.15) is 0 Å². The van der Waals surface area contributed by atoms with Crippen molar-refractivity contribution in [1.29, 1.82) is 0 Å². The Morgan fingerprint density at radius 3 is 2.79 bits per heavy atom. The molecule has 2 aliphatic heterocycles. The Balaban J connectivity index is 1.92. The number of hydrogen-bond donors (Lipinski definition) is 0. The highest BCUT2D eigenvalue weighted by molar-refractivity contribution is 5.94. The zero-order valence-electron chi connectivity index (χ0n) is 15.0. The Morgan fingerprint density at radius 2 is 2.12 bits per heavy atom. The molecule has 0 N–H and O–H groups in total. The Kier molecular flexibility index (Phi) is 4.65. The van der Waals surface area contributed by atoms with Crippen LogP contribution < -0.4 is 0 Å². The van der Waals surface area contributed by atoms with Gasteiger partial charge in [0.05, 0.1) is 23.3 Å². The van der Waals surface area contributed by atoms with Gasteiger partial charge in [-0.2, -0.15) is 5.10 Å². The van der Waals surface area contributed by atoms with Gasteiger partial charge in [-0.25, -0.2) is 0 Å². The molecular weight excluding hydrogens is 304 g/mol. The minimum absolute atomic E-state index is 0.0539. The first-order valence-electron chi connectivity index (χ1n) is 9.15. The van der Waals surface area contributed by atoms with Gasteiger partial charge in [-0.3, -0.25) is 14.3 Å². The lowest BCUT2D eigenvalue weighted by atomic mass is 9.79. The summed E-state index contributed by atoms with van der Waals surface area (Å²) in [5, 5.41) is 4.24. The summed E-state index contributed by atoms with van der Waals surface area (Å²) in [6, 6.07) is 0.0927. The second kappa shape index (κ2) is 6.57. The van der Waals surface area contributed by atoms with E-state index in [2.05, 4.69) is 12.0 Å². The number of nitrogens with zero attached hydrogens (tertiary/aromatic N) is 4. The van der Waals surface area contributed by atoms with Crippen molar-refractivity contribution in [3.8, 4) is 0 Å². The normalized spacial score (nSPS) is 27.8. The SMILES string of the molecule is CCN1C(=O)CC[C@@H]2N(C(=O)c3cnn(CC)c3)CCCC[C@@]21C. The highest BCUT2D eigenvalue weighted by Gasteiger charge is 2.49. The number of fused-ring (bicyclic) bond motifs is 1. The van der Waals surface area contributed by atoms with Crippen molar-refractivity contribution in [2.75, 3.05) is 13.1 Å². The Morgan fingerprint density at radius 1 is 1.33 bits per heavy atom. The van der Waals surface area contributed by atoms with Crippen molar-refractivity contribution in [2.45, 2.75) is 71.0 Å². The number of likely N-dealkylation sites (tertiary alicyclic amines) is 2. The van der Waals surface area contributed by atoms with Crippen molar-refractivity contribution in [2.24, 2.45) is 0 Å². The van der Waals surface area contributed by atoms with Crippen LogP contribution in [0.2, 0.25) is 0 Å². The van der Waals surface area contributed by atoms with E-state index in [1.807, 2.05) is 29.8 Å². The van der Waals surface area contributed by atoms with Gasteiger partial charge >= 0.3 is 0 Å². The lowest BCUT2D eigenvalue weighted by Gasteiger charge is -2.52. The molecule has 1 aromatic rings. The van der Waals surface area contributed by atoms with Gasteiger partial charge in [-0.1, -0.05) is 0 Å². The topological polar surface area (TPSA) is 58.4 Å². The van der Waals surface area contributed by atoms with Crippen LogP contribution in [0.5, 0.6) is 0 Å². The first kappa shape index (κ1) is 17.0. The lowest BCUT2D eigenvalue weighted by Crippen LogP contribution is -2.65. The summed E-state index contributed by atoms with van der Waals surface area (Å²) >= 11 is 0. The molecule has 0 radical (unpaired) electrons. The van der Waals surface area contributed by atoms with Crippen LogP contribution in [0.3, 0.4) is 0 Å². The van der Waals surface area contributed by atoms with Crippen LogP contribution in [0.15, 0.2) is 12.4 Å². The molecule has 2 saturated heterocycles. The quantitative estimate of drug-likeness (QED) is 0.853. The first-order valence-corrected chi connectivity index (χ1v) is 9.15. The second-order valence-electron chi connectivity index (χ2n) is 7.09. The van der Waals surface area contributed by atoms with Gasteiger partial charge in [-0.05, 0) is 46.5 Å². The smallest absolute Gasteiger partial charge is 0.257 e. The van der Waals surface area contributed by atoms with Crippen molar-refractivity contribution in [3.05, 3.63) is 18.0 Å². The van der Waals surface area contributed by atoms with E-state index in [9.17, 15) is 9.59 Å². The molecular formula is C18H28N4O2. The third-order valence-electron chi connectivity index (χ3n) is 5.76. The van der Waals surface area contributed by atoms with E-state index in [0.717, 1.165) is 38.8 Å². The van der Waals surface area contributed by atoms with E-state index >= 15 is 0 Å². The van der Waals surface area contributed by atoms with Crippen LogP contribution in [0.1, 0.15) is 63.2 Å². The number of carbonyl (C=O) groups is 2. The summed E-state index contributed by atoms with van der Waals surface area (Å²) in [5.41, 5.74) is 0.401. The highest BCUT2D eigenvalue weighted by Crippen LogP contribution is 2.39. The predicted molar refractivity (Wildman–Crippen MR) is 91.6 cm³/mol. The highest BCUT2D eigenvalue weighted by atomic mass is 16.2. The van der Waals surface area contributed by atoms with Crippen molar-refractivity contribution < 1.29 is 9.59 Å². The standard InChI is InChI=1S/C18H28N4O2/c1-4-20-13-14(12-19-20)17(24)21-11-7-6-10-18(3)15(21)8-9-16(23)22(18)5-2/h12-13,15H,4-11H2,1-3H3/t15-,18-/m0/s1. The summed E-state index contributed by atoms with van der Waals surface area (Å²) in [4.78, 5) is 29.5. The first-order chi connectivity index (χ1) is 11.5. The molecule has 1 aromatic heterocycles. The van der Waals surface area contributed by atoms with Gasteiger partial charge in [0.2, 0.25) is 5.91 Å². The van der Waals surface area contributed by atoms with Crippen LogP contribution >= 0.6 is 0 Å². The third kappa shape index (κ3) is 2.72. The van der Waals surface area contributed by atoms with Crippen LogP contribution in [-0.4, -0.2) is 56.1 Å². The number of likely N-dealkylation sites (N-methyl/N-ethyl adjacent to an activating group) is 1. The monoisotopic (exact) mass is 332 g/mol. The van der Waals surface area contributed by atoms with E-state index in [1.54, 1.807) is 10.9 Å². The molecule has 132 valence electrons. The van der Waals surface area contributed by atoms with Crippen molar-refractivity contribution in [1.82, 2.24) is 19.6 Å². The number of rotatable bonds is 3. The molecule has 0 aliphatic carbocycles. The summed E-state index contributed by atoms with van der Waals surface area (Å²) < 4.78 is 1.78. The number of aryl methyl sites for hydroxylation is 1. The Bertz CT molecular complexity index is 626. The molecule has 2 aliphatic rings. The van der Waals surface area contributed by atoms with Crippen LogP contribution in [0.25, 0.3) is 0 Å². The number of carbonyl (C=O) groups excluding carboxylic acids is 2. The zero-order valence-corrected chi connectivity index (χ0v) is 15.0. The molecule has 2 fully saturated rings. The van der Waals surface area contributed by atoms with Gasteiger partial charge in [-0.15, -0.1) is 0 Å². The molecule has 6 heteroatoms. The lowest BCUT2D eigenvalue weighted by molar-refractivity contribution is -0.145. The fraction of sp³-hybridized carbons (Fsp3) is 0.722. The number of piperidine rings is 1. The fourth-order valence-corrected chi connectivity index (χ4v) is 4.48. The molecule has 0 bridgehead atoms.